The van der Waals surface area contributed by atoms with Gasteiger partial charge in [-0.2, -0.15) is 5.43 Å². The number of nitrogens with one attached hydrogen (secondary N) is 2. The van der Waals surface area contributed by atoms with Gasteiger partial charge < -0.3 is 5.11 Å². The molecule has 0 saturated carbocycles. The van der Waals surface area contributed by atoms with Crippen LogP contribution in [0.3, 0.4) is 0 Å². The van der Waals surface area contributed by atoms with E-state index in [0.29, 0.717) is 18.2 Å². The molecule has 4 N–H and O–H groups in total. The molecule has 0 amide bonds. The lowest BCUT2D eigenvalue weighted by Crippen LogP contribution is -2.56. The monoisotopic (exact) mass is 119 g/mol. The first kappa shape index (κ1) is 5.93. The molecule has 1 heterocycles. The van der Waals surface area contributed by atoms with Crippen molar-refractivity contribution in [3.05, 3.63) is 0 Å². The van der Waals surface area contributed by atoms with Gasteiger partial charge in [0, 0.05) is 13.0 Å². The van der Waals surface area contributed by atoms with Gasteiger partial charge in [-0.25, -0.2) is 5.43 Å². The molecule has 1 saturated heterocycles. The van der Waals surface area contributed by atoms with Crippen molar-refractivity contribution in [3.63, 3.8) is 0 Å². The summed E-state index contributed by atoms with van der Waals surface area (Å²) in [6.07, 6.45) is -0.0156. The van der Waals surface area contributed by atoms with E-state index in [1.165, 1.54) is 0 Å². The Morgan fingerprint density at radius 2 is 2.38 bits per heavy atom. The Balaban J connectivity index is 2.23. The van der Waals surface area contributed by atoms with Gasteiger partial charge in [-0.1, -0.05) is 5.28 Å². The summed E-state index contributed by atoms with van der Waals surface area (Å²) in [7, 11) is 0. The third kappa shape index (κ3) is 1.39. The Morgan fingerprint density at radius 1 is 1.62 bits per heavy atom. The van der Waals surface area contributed by atoms with Gasteiger partial charge in [0.1, 0.15) is 6.23 Å². The minimum Gasteiger partial charge on any atom is -0.377 e. The quantitative estimate of drug-likeness (QED) is 0.309. The number of hydrogen-bond donors (Lipinski definition) is 4. The normalized spacial score (nSPS) is 33.0. The van der Waals surface area contributed by atoms with Crippen molar-refractivity contribution in [1.29, 1.82) is 0 Å². The molecule has 0 aliphatic carbocycles. The van der Waals surface area contributed by atoms with E-state index in [-0.39, 0.29) is 0 Å². The standard InChI is InChI=1S/C3H9N3O2/c7-3-1-2-4-6(8)5-3/h3-5,7-8H,1-2H2. The average Bonchev–Trinajstić information content (AvgIpc) is 1.64. The van der Waals surface area contributed by atoms with Crippen molar-refractivity contribution in [3.8, 4) is 0 Å². The SMILES string of the molecule is OC1CCNN(O)N1. The van der Waals surface area contributed by atoms with Gasteiger partial charge in [-0.15, -0.1) is 0 Å². The summed E-state index contributed by atoms with van der Waals surface area (Å²) in [6.45, 7) is 0.588. The Hall–Kier alpha value is -0.200. The molecular weight excluding hydrogens is 110 g/mol. The van der Waals surface area contributed by atoms with E-state index in [1.54, 1.807) is 0 Å². The fraction of sp³-hybridized carbons (Fsp3) is 1.00. The highest BCUT2D eigenvalue weighted by atomic mass is 16.6. The first-order valence-electron chi connectivity index (χ1n) is 2.46. The van der Waals surface area contributed by atoms with Crippen LogP contribution in [0.1, 0.15) is 6.42 Å². The fourth-order valence-electron chi connectivity index (χ4n) is 0.559. The van der Waals surface area contributed by atoms with Gasteiger partial charge in [0.15, 0.2) is 0 Å². The predicted molar refractivity (Wildman–Crippen MR) is 25.4 cm³/mol. The van der Waals surface area contributed by atoms with Crippen molar-refractivity contribution in [2.75, 3.05) is 6.54 Å². The third-order valence-electron chi connectivity index (χ3n) is 0.951. The molecule has 1 atom stereocenters. The lowest BCUT2D eigenvalue weighted by molar-refractivity contribution is -0.226. The Morgan fingerprint density at radius 3 is 2.75 bits per heavy atom. The van der Waals surface area contributed by atoms with Crippen molar-refractivity contribution in [2.24, 2.45) is 0 Å². The smallest absolute Gasteiger partial charge is 0.122 e. The third-order valence-corrected chi connectivity index (χ3v) is 0.951. The molecule has 1 unspecified atom stereocenters. The maximum absolute atomic E-state index is 8.73. The van der Waals surface area contributed by atoms with E-state index in [1.807, 2.05) is 0 Å². The molecule has 5 nitrogen and oxygen atoms in total. The molecule has 1 aliphatic rings. The minimum absolute atomic E-state index is 0.588. The summed E-state index contributed by atoms with van der Waals surface area (Å²) in [5.74, 6) is 0. The van der Waals surface area contributed by atoms with E-state index in [4.69, 9.17) is 10.3 Å². The van der Waals surface area contributed by atoms with Crippen LogP contribution in [0, 0.1) is 0 Å². The molecular formula is C3H9N3O2. The molecule has 8 heavy (non-hydrogen) atoms. The Labute approximate surface area is 46.8 Å². The predicted octanol–water partition coefficient (Wildman–Crippen LogP) is -1.59. The fourth-order valence-corrected chi connectivity index (χ4v) is 0.559. The molecule has 1 rings (SSSR count). The Bertz CT molecular complexity index is 70.9. The number of aliphatic hydroxyl groups is 1. The maximum atomic E-state index is 8.73. The van der Waals surface area contributed by atoms with Crippen molar-refractivity contribution >= 4 is 0 Å². The van der Waals surface area contributed by atoms with E-state index in [2.05, 4.69) is 10.9 Å². The molecule has 0 aromatic heterocycles. The van der Waals surface area contributed by atoms with Gasteiger partial charge in [0.2, 0.25) is 0 Å². The highest BCUT2D eigenvalue weighted by molar-refractivity contribution is 4.53. The number of rotatable bonds is 0. The highest BCUT2D eigenvalue weighted by Gasteiger charge is 2.12. The lowest BCUT2D eigenvalue weighted by Gasteiger charge is -2.25. The molecule has 0 aromatic carbocycles. The molecule has 0 spiro atoms. The van der Waals surface area contributed by atoms with Gasteiger partial charge in [0.25, 0.3) is 0 Å². The van der Waals surface area contributed by atoms with Crippen LogP contribution >= 0.6 is 0 Å². The highest BCUT2D eigenvalue weighted by Crippen LogP contribution is 1.90. The Kier molecular flexibility index (Phi) is 1.77. The molecule has 0 bridgehead atoms. The van der Waals surface area contributed by atoms with Crippen LogP contribution in [0.5, 0.6) is 0 Å². The van der Waals surface area contributed by atoms with Crippen LogP contribution < -0.4 is 10.9 Å². The van der Waals surface area contributed by atoms with Crippen molar-refractivity contribution < 1.29 is 10.3 Å². The average molecular weight is 119 g/mol. The van der Waals surface area contributed by atoms with Gasteiger partial charge >= 0.3 is 0 Å². The van der Waals surface area contributed by atoms with E-state index in [9.17, 15) is 0 Å². The summed E-state index contributed by atoms with van der Waals surface area (Å²) in [5, 5.41) is 17.9. The molecule has 5 heteroatoms. The molecule has 48 valence electrons. The molecule has 0 aromatic rings. The zero-order valence-electron chi connectivity index (χ0n) is 4.33. The van der Waals surface area contributed by atoms with Crippen LogP contribution in [-0.2, 0) is 0 Å². The molecule has 1 fully saturated rings. The zero-order valence-corrected chi connectivity index (χ0v) is 4.33. The topological polar surface area (TPSA) is 67.8 Å². The van der Waals surface area contributed by atoms with Crippen LogP contribution in [0.15, 0.2) is 0 Å². The van der Waals surface area contributed by atoms with Crippen LogP contribution in [0.25, 0.3) is 0 Å². The summed E-state index contributed by atoms with van der Waals surface area (Å²) in [6, 6.07) is 0. The van der Waals surface area contributed by atoms with Gasteiger partial charge in [0.05, 0.1) is 0 Å². The van der Waals surface area contributed by atoms with Crippen LogP contribution in [0.4, 0.5) is 0 Å². The zero-order chi connectivity index (χ0) is 5.98. The van der Waals surface area contributed by atoms with E-state index >= 15 is 0 Å². The number of hydrogen-bond acceptors (Lipinski definition) is 5. The number of aliphatic hydroxyl groups excluding tert-OH is 1. The summed E-state index contributed by atoms with van der Waals surface area (Å²) in [5.41, 5.74) is 4.84. The second-order valence-electron chi connectivity index (χ2n) is 1.65. The van der Waals surface area contributed by atoms with Crippen molar-refractivity contribution in [2.45, 2.75) is 12.6 Å². The largest absolute Gasteiger partial charge is 0.377 e. The minimum atomic E-state index is -0.624. The first-order valence-corrected chi connectivity index (χ1v) is 2.46. The number of nitrogens with zero attached hydrogens (tertiary/aromatic N) is 1. The van der Waals surface area contributed by atoms with E-state index < -0.39 is 6.23 Å². The van der Waals surface area contributed by atoms with Gasteiger partial charge in [-0.05, 0) is 0 Å². The molecule has 1 aliphatic heterocycles. The van der Waals surface area contributed by atoms with E-state index in [0.717, 1.165) is 0 Å². The first-order chi connectivity index (χ1) is 3.79. The summed E-state index contributed by atoms with van der Waals surface area (Å²) >= 11 is 0. The second kappa shape index (κ2) is 2.38. The van der Waals surface area contributed by atoms with Crippen LogP contribution in [0.2, 0.25) is 0 Å². The second-order valence-corrected chi connectivity index (χ2v) is 1.65. The van der Waals surface area contributed by atoms with Gasteiger partial charge in [-0.3, -0.25) is 5.21 Å². The van der Waals surface area contributed by atoms with Crippen molar-refractivity contribution in [1.82, 2.24) is 16.1 Å². The maximum Gasteiger partial charge on any atom is 0.122 e. The lowest BCUT2D eigenvalue weighted by atomic mass is 10.4. The summed E-state index contributed by atoms with van der Waals surface area (Å²) in [4.78, 5) is 0. The van der Waals surface area contributed by atoms with Crippen LogP contribution in [-0.4, -0.2) is 28.4 Å². The molecule has 0 radical (unpaired) electrons. The number of hydrazine groups is 2. The summed E-state index contributed by atoms with van der Waals surface area (Å²) < 4.78 is 0.